The van der Waals surface area contributed by atoms with Gasteiger partial charge in [0.15, 0.2) is 0 Å². The molecule has 1 aromatic rings. The number of benzene rings is 1. The van der Waals surface area contributed by atoms with Crippen LogP contribution in [0, 0.1) is 5.41 Å². The van der Waals surface area contributed by atoms with Crippen molar-refractivity contribution in [3.8, 4) is 0 Å². The highest BCUT2D eigenvalue weighted by Gasteiger charge is 2.62. The maximum absolute atomic E-state index is 11.9. The molecule has 0 spiro atoms. The number of fused-ring (bicyclic) bond motifs is 5. The highest BCUT2D eigenvalue weighted by atomic mass is 16.4. The number of amides is 1. The Bertz CT molecular complexity index is 563. The van der Waals surface area contributed by atoms with Crippen molar-refractivity contribution in [1.29, 1.82) is 0 Å². The number of aliphatic hydroxyl groups is 1. The lowest BCUT2D eigenvalue weighted by Gasteiger charge is -2.52. The second-order valence-electron chi connectivity index (χ2n) is 6.90. The summed E-state index contributed by atoms with van der Waals surface area (Å²) in [7, 11) is 0. The van der Waals surface area contributed by atoms with Gasteiger partial charge in [0, 0.05) is 0 Å². The molecule has 2 aliphatic rings. The second-order valence-corrected chi connectivity index (χ2v) is 6.90. The quantitative estimate of drug-likeness (QED) is 0.764. The predicted octanol–water partition coefficient (Wildman–Crippen LogP) is 3.12. The highest BCUT2D eigenvalue weighted by Crippen LogP contribution is 2.61. The van der Waals surface area contributed by atoms with Gasteiger partial charge in [-0.3, -0.25) is 4.90 Å². The summed E-state index contributed by atoms with van der Waals surface area (Å²) in [6.07, 6.45) is -0.261. The van der Waals surface area contributed by atoms with E-state index in [0.717, 1.165) is 11.1 Å². The van der Waals surface area contributed by atoms with Crippen molar-refractivity contribution >= 4 is 6.09 Å². The van der Waals surface area contributed by atoms with Crippen molar-refractivity contribution < 1.29 is 15.0 Å². The van der Waals surface area contributed by atoms with Gasteiger partial charge in [0.05, 0.1) is 17.7 Å². The summed E-state index contributed by atoms with van der Waals surface area (Å²) in [5.41, 5.74) is 1.27. The van der Waals surface area contributed by atoms with Gasteiger partial charge in [0.25, 0.3) is 0 Å². The standard InChI is InChI=1S/C16H21NO3/c1-15(2,3)16-9-8-12(18)13(17(16)14(19)20)10-6-4-5-7-11(10)16/h4-7,12-13,18H,8-9H2,1-3H3,(H,19,20). The number of rotatable bonds is 0. The number of hydrogen-bond acceptors (Lipinski definition) is 2. The molecule has 0 aliphatic carbocycles. The summed E-state index contributed by atoms with van der Waals surface area (Å²) in [6.45, 7) is 6.25. The van der Waals surface area contributed by atoms with Crippen molar-refractivity contribution in [2.24, 2.45) is 5.41 Å². The first-order valence-electron chi connectivity index (χ1n) is 7.10. The summed E-state index contributed by atoms with van der Waals surface area (Å²) in [5.74, 6) is 0. The van der Waals surface area contributed by atoms with E-state index in [1.165, 1.54) is 4.90 Å². The second kappa shape index (κ2) is 3.98. The zero-order valence-electron chi connectivity index (χ0n) is 12.1. The van der Waals surface area contributed by atoms with Crippen LogP contribution in [0.25, 0.3) is 0 Å². The average Bonchev–Trinajstić information content (AvgIpc) is 2.61. The third kappa shape index (κ3) is 1.43. The molecule has 1 fully saturated rings. The van der Waals surface area contributed by atoms with E-state index < -0.39 is 23.8 Å². The molecule has 0 saturated carbocycles. The third-order valence-corrected chi connectivity index (χ3v) is 5.03. The number of piperidine rings is 1. The van der Waals surface area contributed by atoms with E-state index in [1.54, 1.807) is 0 Å². The Labute approximate surface area is 119 Å². The lowest BCUT2D eigenvalue weighted by Crippen LogP contribution is -2.58. The lowest BCUT2D eigenvalue weighted by molar-refractivity contribution is -0.0868. The number of carbonyl (C=O) groups is 1. The minimum Gasteiger partial charge on any atom is -0.465 e. The molecule has 2 N–H and O–H groups in total. The van der Waals surface area contributed by atoms with Gasteiger partial charge in [-0.15, -0.1) is 0 Å². The summed E-state index contributed by atoms with van der Waals surface area (Å²) < 4.78 is 0. The number of aliphatic hydroxyl groups excluding tert-OH is 1. The number of hydrogen-bond donors (Lipinski definition) is 2. The SMILES string of the molecule is CC(C)(C)C12CCC(O)C(c3ccccc31)N2C(=O)O. The Morgan fingerprint density at radius 1 is 1.35 bits per heavy atom. The van der Waals surface area contributed by atoms with Crippen LogP contribution in [0.15, 0.2) is 24.3 Å². The van der Waals surface area contributed by atoms with Gasteiger partial charge in [0.2, 0.25) is 0 Å². The highest BCUT2D eigenvalue weighted by molar-refractivity contribution is 5.71. The molecule has 3 unspecified atom stereocenters. The van der Waals surface area contributed by atoms with Gasteiger partial charge in [-0.05, 0) is 29.4 Å². The van der Waals surface area contributed by atoms with E-state index in [0.29, 0.717) is 12.8 Å². The number of nitrogens with zero attached hydrogens (tertiary/aromatic N) is 1. The molecule has 1 saturated heterocycles. The molecule has 0 radical (unpaired) electrons. The third-order valence-electron chi connectivity index (χ3n) is 5.03. The molecule has 3 atom stereocenters. The van der Waals surface area contributed by atoms with E-state index in [9.17, 15) is 15.0 Å². The smallest absolute Gasteiger partial charge is 0.408 e. The van der Waals surface area contributed by atoms with E-state index in [4.69, 9.17) is 0 Å². The molecule has 1 aromatic carbocycles. The van der Waals surface area contributed by atoms with Gasteiger partial charge in [-0.1, -0.05) is 45.0 Å². The van der Waals surface area contributed by atoms with Crippen LogP contribution in [-0.2, 0) is 5.54 Å². The molecule has 1 amide bonds. The van der Waals surface area contributed by atoms with Gasteiger partial charge < -0.3 is 10.2 Å². The fraction of sp³-hybridized carbons (Fsp3) is 0.562. The average molecular weight is 275 g/mol. The van der Waals surface area contributed by atoms with E-state index in [2.05, 4.69) is 20.8 Å². The van der Waals surface area contributed by atoms with Gasteiger partial charge in [0.1, 0.15) is 0 Å². The van der Waals surface area contributed by atoms with Crippen LogP contribution >= 0.6 is 0 Å². The summed E-state index contributed by atoms with van der Waals surface area (Å²) >= 11 is 0. The molecule has 3 rings (SSSR count). The first-order valence-corrected chi connectivity index (χ1v) is 7.10. The zero-order chi connectivity index (χ0) is 14.7. The molecule has 4 nitrogen and oxygen atoms in total. The Balaban J connectivity index is 2.32. The molecule has 2 aliphatic heterocycles. The lowest BCUT2D eigenvalue weighted by atomic mass is 9.66. The van der Waals surface area contributed by atoms with Crippen LogP contribution in [-0.4, -0.2) is 27.3 Å². The topological polar surface area (TPSA) is 60.8 Å². The monoisotopic (exact) mass is 275 g/mol. The molecule has 2 bridgehead atoms. The largest absolute Gasteiger partial charge is 0.465 e. The fourth-order valence-electron chi connectivity index (χ4n) is 4.21. The summed E-state index contributed by atoms with van der Waals surface area (Å²) in [6, 6.07) is 7.42. The Kier molecular flexibility index (Phi) is 2.67. The first-order chi connectivity index (χ1) is 9.30. The van der Waals surface area contributed by atoms with Crippen LogP contribution in [0.5, 0.6) is 0 Å². The molecule has 20 heavy (non-hydrogen) atoms. The van der Waals surface area contributed by atoms with Crippen molar-refractivity contribution in [1.82, 2.24) is 4.90 Å². The fourth-order valence-corrected chi connectivity index (χ4v) is 4.21. The van der Waals surface area contributed by atoms with E-state index in [-0.39, 0.29) is 5.41 Å². The van der Waals surface area contributed by atoms with Crippen molar-refractivity contribution in [3.05, 3.63) is 35.4 Å². The molecule has 2 heterocycles. The van der Waals surface area contributed by atoms with Crippen LogP contribution < -0.4 is 0 Å². The van der Waals surface area contributed by atoms with Gasteiger partial charge in [-0.2, -0.15) is 0 Å². The minimum atomic E-state index is -0.945. The van der Waals surface area contributed by atoms with Crippen LogP contribution in [0.4, 0.5) is 4.79 Å². The van der Waals surface area contributed by atoms with Crippen LogP contribution in [0.1, 0.15) is 50.8 Å². The van der Waals surface area contributed by atoms with Crippen molar-refractivity contribution in [2.45, 2.75) is 51.3 Å². The zero-order valence-corrected chi connectivity index (χ0v) is 12.1. The molecule has 4 heteroatoms. The van der Waals surface area contributed by atoms with Crippen molar-refractivity contribution in [2.75, 3.05) is 0 Å². The van der Waals surface area contributed by atoms with E-state index in [1.807, 2.05) is 24.3 Å². The molecule has 0 aromatic heterocycles. The van der Waals surface area contributed by atoms with Crippen LogP contribution in [0.2, 0.25) is 0 Å². The summed E-state index contributed by atoms with van der Waals surface area (Å²) in [5, 5.41) is 20.1. The summed E-state index contributed by atoms with van der Waals surface area (Å²) in [4.78, 5) is 13.4. The van der Waals surface area contributed by atoms with Gasteiger partial charge in [-0.25, -0.2) is 4.79 Å². The minimum absolute atomic E-state index is 0.226. The Morgan fingerprint density at radius 3 is 2.60 bits per heavy atom. The first kappa shape index (κ1) is 13.4. The number of carboxylic acid groups (broad SMARTS) is 1. The molecular formula is C16H21NO3. The molecule has 108 valence electrons. The van der Waals surface area contributed by atoms with Crippen LogP contribution in [0.3, 0.4) is 0 Å². The van der Waals surface area contributed by atoms with Gasteiger partial charge >= 0.3 is 6.09 Å². The Morgan fingerprint density at radius 2 is 2.00 bits per heavy atom. The maximum Gasteiger partial charge on any atom is 0.408 e. The maximum atomic E-state index is 11.9. The molecular weight excluding hydrogens is 254 g/mol. The predicted molar refractivity (Wildman–Crippen MR) is 75.4 cm³/mol. The van der Waals surface area contributed by atoms with E-state index >= 15 is 0 Å². The van der Waals surface area contributed by atoms with Crippen molar-refractivity contribution in [3.63, 3.8) is 0 Å². The normalized spacial score (nSPS) is 32.1. The Hall–Kier alpha value is -1.55.